The molecule has 1 rings (SSSR count). The highest BCUT2D eigenvalue weighted by Gasteiger charge is 2.21. The van der Waals surface area contributed by atoms with Gasteiger partial charge < -0.3 is 9.63 Å². The van der Waals surface area contributed by atoms with Gasteiger partial charge in [0.05, 0.1) is 6.61 Å². The molecule has 0 bridgehead atoms. The lowest BCUT2D eigenvalue weighted by molar-refractivity contribution is 0.0404. The number of carbonyl (C=O) groups excluding carboxylic acids is 1. The molecule has 0 aliphatic heterocycles. The molecule has 94 valence electrons. The molecule has 0 amide bonds. The SMILES string of the molecule is O=C(Cl)OCOP(=O)(O)OCc1ccccc1. The maximum Gasteiger partial charge on any atom is 0.475 e. The molecular formula is C9H10ClO6P. The predicted molar refractivity (Wildman–Crippen MR) is 59.3 cm³/mol. The summed E-state index contributed by atoms with van der Waals surface area (Å²) < 4.78 is 24.3. The van der Waals surface area contributed by atoms with Crippen molar-refractivity contribution in [2.45, 2.75) is 6.61 Å². The Hall–Kier alpha value is -0.910. The summed E-state index contributed by atoms with van der Waals surface area (Å²) in [6, 6.07) is 8.77. The Balaban J connectivity index is 2.34. The monoisotopic (exact) mass is 280 g/mol. The number of phosphoric ester groups is 1. The molecule has 0 heterocycles. The zero-order valence-corrected chi connectivity index (χ0v) is 10.3. The molecule has 0 aromatic heterocycles. The molecule has 0 spiro atoms. The van der Waals surface area contributed by atoms with E-state index in [2.05, 4.69) is 13.8 Å². The number of halogens is 1. The fourth-order valence-corrected chi connectivity index (χ4v) is 1.52. The summed E-state index contributed by atoms with van der Waals surface area (Å²) in [7, 11) is -4.25. The van der Waals surface area contributed by atoms with Crippen molar-refractivity contribution in [1.29, 1.82) is 0 Å². The van der Waals surface area contributed by atoms with Crippen LogP contribution in [0.25, 0.3) is 0 Å². The molecule has 1 atom stereocenters. The standard InChI is InChI=1S/C9H10ClO6P/c10-9(11)14-7-16-17(12,13)15-6-8-4-2-1-3-5-8/h1-5H,6-7H2,(H,12,13). The minimum atomic E-state index is -4.25. The lowest BCUT2D eigenvalue weighted by Gasteiger charge is -2.11. The van der Waals surface area contributed by atoms with E-state index in [9.17, 15) is 9.36 Å². The van der Waals surface area contributed by atoms with Crippen LogP contribution in [0, 0.1) is 0 Å². The summed E-state index contributed by atoms with van der Waals surface area (Å²) in [5.74, 6) is 0. The van der Waals surface area contributed by atoms with Gasteiger partial charge in [-0.3, -0.25) is 4.52 Å². The van der Waals surface area contributed by atoms with Crippen LogP contribution in [0.15, 0.2) is 30.3 Å². The number of ether oxygens (including phenoxy) is 1. The number of hydrogen-bond donors (Lipinski definition) is 1. The quantitative estimate of drug-likeness (QED) is 0.490. The van der Waals surface area contributed by atoms with Crippen LogP contribution >= 0.6 is 19.4 Å². The number of carbonyl (C=O) groups is 1. The van der Waals surface area contributed by atoms with Crippen LogP contribution in [0.1, 0.15) is 5.56 Å². The third-order valence-corrected chi connectivity index (χ3v) is 2.62. The van der Waals surface area contributed by atoms with E-state index >= 15 is 0 Å². The first-order chi connectivity index (χ1) is 7.99. The van der Waals surface area contributed by atoms with Gasteiger partial charge in [-0.2, -0.15) is 0 Å². The van der Waals surface area contributed by atoms with Crippen molar-refractivity contribution in [3.8, 4) is 0 Å². The Morgan fingerprint density at radius 3 is 2.53 bits per heavy atom. The van der Waals surface area contributed by atoms with Crippen LogP contribution in [0.2, 0.25) is 0 Å². The summed E-state index contributed by atoms with van der Waals surface area (Å²) >= 11 is 4.83. The normalized spacial score (nSPS) is 14.0. The number of benzene rings is 1. The predicted octanol–water partition coefficient (Wildman–Crippen LogP) is 2.65. The van der Waals surface area contributed by atoms with Crippen molar-refractivity contribution < 1.29 is 28.0 Å². The lowest BCUT2D eigenvalue weighted by atomic mass is 10.2. The average molecular weight is 281 g/mol. The molecule has 0 aliphatic rings. The van der Waals surface area contributed by atoms with Crippen LogP contribution in [-0.2, 0) is 25.0 Å². The minimum absolute atomic E-state index is 0.0938. The topological polar surface area (TPSA) is 82.1 Å². The number of rotatable bonds is 6. The average Bonchev–Trinajstić information content (AvgIpc) is 2.27. The zero-order chi connectivity index (χ0) is 12.7. The van der Waals surface area contributed by atoms with Gasteiger partial charge in [-0.1, -0.05) is 30.3 Å². The van der Waals surface area contributed by atoms with Gasteiger partial charge >= 0.3 is 13.3 Å². The second kappa shape index (κ2) is 6.74. The fourth-order valence-electron chi connectivity index (χ4n) is 0.907. The zero-order valence-electron chi connectivity index (χ0n) is 8.61. The molecule has 17 heavy (non-hydrogen) atoms. The van der Waals surface area contributed by atoms with Crippen molar-refractivity contribution in [3.63, 3.8) is 0 Å². The summed E-state index contributed by atoms with van der Waals surface area (Å²) in [5, 5.41) is 0. The lowest BCUT2D eigenvalue weighted by Crippen LogP contribution is -2.02. The van der Waals surface area contributed by atoms with Gasteiger partial charge in [0, 0.05) is 11.6 Å². The second-order valence-electron chi connectivity index (χ2n) is 2.86. The first kappa shape index (κ1) is 14.2. The first-order valence-electron chi connectivity index (χ1n) is 4.48. The van der Waals surface area contributed by atoms with Gasteiger partial charge in [-0.05, 0) is 5.56 Å². The van der Waals surface area contributed by atoms with Crippen LogP contribution in [0.3, 0.4) is 0 Å². The maximum absolute atomic E-state index is 11.2. The summed E-state index contributed by atoms with van der Waals surface area (Å²) in [5.41, 5.74) is -0.423. The largest absolute Gasteiger partial charge is 0.475 e. The van der Waals surface area contributed by atoms with Crippen LogP contribution < -0.4 is 0 Å². The van der Waals surface area contributed by atoms with Crippen molar-refractivity contribution in [3.05, 3.63) is 35.9 Å². The van der Waals surface area contributed by atoms with Gasteiger partial charge in [0.2, 0.25) is 6.79 Å². The van der Waals surface area contributed by atoms with Gasteiger partial charge in [0.15, 0.2) is 0 Å². The first-order valence-corrected chi connectivity index (χ1v) is 6.35. The Morgan fingerprint density at radius 2 is 1.94 bits per heavy atom. The van der Waals surface area contributed by atoms with Crippen LogP contribution in [0.5, 0.6) is 0 Å². The summed E-state index contributed by atoms with van der Waals surface area (Å²) in [4.78, 5) is 19.3. The van der Waals surface area contributed by atoms with E-state index < -0.39 is 20.0 Å². The molecule has 8 heteroatoms. The van der Waals surface area contributed by atoms with Crippen LogP contribution in [0.4, 0.5) is 4.79 Å². The van der Waals surface area contributed by atoms with E-state index in [4.69, 9.17) is 16.5 Å². The fraction of sp³-hybridized carbons (Fsp3) is 0.222. The van der Waals surface area contributed by atoms with Crippen molar-refractivity contribution in [2.24, 2.45) is 0 Å². The van der Waals surface area contributed by atoms with E-state index in [0.29, 0.717) is 5.56 Å². The highest BCUT2D eigenvalue weighted by Crippen LogP contribution is 2.43. The number of phosphoric acid groups is 1. The highest BCUT2D eigenvalue weighted by molar-refractivity contribution is 7.47. The molecule has 0 saturated carbocycles. The third kappa shape index (κ3) is 6.41. The Bertz CT molecular complexity index is 409. The van der Waals surface area contributed by atoms with Crippen molar-refractivity contribution >= 4 is 24.9 Å². The van der Waals surface area contributed by atoms with Gasteiger partial charge in [-0.25, -0.2) is 13.9 Å². The Kier molecular flexibility index (Phi) is 5.61. The highest BCUT2D eigenvalue weighted by atomic mass is 35.5. The van der Waals surface area contributed by atoms with Crippen molar-refractivity contribution in [2.75, 3.05) is 6.79 Å². The molecule has 0 fully saturated rings. The Morgan fingerprint density at radius 1 is 1.29 bits per heavy atom. The number of hydrogen-bond acceptors (Lipinski definition) is 5. The van der Waals surface area contributed by atoms with Gasteiger partial charge in [0.1, 0.15) is 0 Å². The van der Waals surface area contributed by atoms with Gasteiger partial charge in [-0.15, -0.1) is 0 Å². The molecule has 0 saturated heterocycles. The van der Waals surface area contributed by atoms with E-state index in [1.807, 2.05) is 0 Å². The molecule has 1 unspecified atom stereocenters. The second-order valence-corrected chi connectivity index (χ2v) is 4.62. The van der Waals surface area contributed by atoms with E-state index in [0.717, 1.165) is 0 Å². The molecule has 1 N–H and O–H groups in total. The molecule has 6 nitrogen and oxygen atoms in total. The molecule has 1 aromatic carbocycles. The summed E-state index contributed by atoms with van der Waals surface area (Å²) in [6.45, 7) is -0.839. The molecule has 1 aromatic rings. The third-order valence-electron chi connectivity index (χ3n) is 1.63. The van der Waals surface area contributed by atoms with Gasteiger partial charge in [0.25, 0.3) is 0 Å². The summed E-state index contributed by atoms with van der Waals surface area (Å²) in [6.07, 6.45) is 0. The van der Waals surface area contributed by atoms with E-state index in [1.54, 1.807) is 30.3 Å². The molecule has 0 aliphatic carbocycles. The Labute approximate surface area is 103 Å². The van der Waals surface area contributed by atoms with Crippen LogP contribution in [-0.4, -0.2) is 17.1 Å². The molecule has 0 radical (unpaired) electrons. The maximum atomic E-state index is 11.2. The molecular weight excluding hydrogens is 271 g/mol. The van der Waals surface area contributed by atoms with Crippen molar-refractivity contribution in [1.82, 2.24) is 0 Å². The van der Waals surface area contributed by atoms with E-state index in [1.165, 1.54) is 0 Å². The smallest absolute Gasteiger partial charge is 0.426 e. The van der Waals surface area contributed by atoms with E-state index in [-0.39, 0.29) is 6.61 Å². The minimum Gasteiger partial charge on any atom is -0.426 e.